The van der Waals surface area contributed by atoms with Gasteiger partial charge in [-0.05, 0) is 56.9 Å². The number of carbonyl (C=O) groups is 2. The van der Waals surface area contributed by atoms with Gasteiger partial charge in [-0.3, -0.25) is 14.6 Å². The fourth-order valence-corrected chi connectivity index (χ4v) is 4.18. The first-order valence-electron chi connectivity index (χ1n) is 8.54. The second-order valence-corrected chi connectivity index (χ2v) is 7.36. The Morgan fingerprint density at radius 1 is 1.27 bits per heavy atom. The third-order valence-corrected chi connectivity index (χ3v) is 5.76. The molecule has 0 fully saturated rings. The van der Waals surface area contributed by atoms with Crippen LogP contribution in [0.15, 0.2) is 23.4 Å². The maximum Gasteiger partial charge on any atom is 0.251 e. The number of rotatable bonds is 4. The standard InChI is InChI=1S/C19H22N4O2S/c1-11-12(2)17(18(20)25)19(22-13(11)3)26-10-16(24)23-9-5-6-14-15(23)7-4-8-21-14/h4,7-8H,5-6,9-10H2,1-3H3,(H2,20,25). The van der Waals surface area contributed by atoms with Crippen molar-refractivity contribution in [3.8, 4) is 0 Å². The number of anilines is 1. The maximum absolute atomic E-state index is 12.8. The molecular weight excluding hydrogens is 348 g/mol. The van der Waals surface area contributed by atoms with Gasteiger partial charge in [-0.1, -0.05) is 11.8 Å². The van der Waals surface area contributed by atoms with Crippen LogP contribution in [0.1, 0.15) is 39.3 Å². The number of hydrogen-bond acceptors (Lipinski definition) is 5. The summed E-state index contributed by atoms with van der Waals surface area (Å²) in [5.41, 5.74) is 10.4. The molecular formula is C19H22N4O2S. The van der Waals surface area contributed by atoms with Crippen LogP contribution < -0.4 is 10.6 Å². The third-order valence-electron chi connectivity index (χ3n) is 4.80. The number of nitrogens with two attached hydrogens (primary N) is 1. The Morgan fingerprint density at radius 3 is 2.77 bits per heavy atom. The molecule has 3 heterocycles. The summed E-state index contributed by atoms with van der Waals surface area (Å²) in [6, 6.07) is 3.77. The summed E-state index contributed by atoms with van der Waals surface area (Å²) >= 11 is 1.27. The molecule has 2 aromatic rings. The smallest absolute Gasteiger partial charge is 0.251 e. The van der Waals surface area contributed by atoms with E-state index in [0.29, 0.717) is 17.1 Å². The number of amides is 2. The molecule has 26 heavy (non-hydrogen) atoms. The number of primary amides is 1. The molecule has 0 saturated carbocycles. The van der Waals surface area contributed by atoms with Gasteiger partial charge in [0, 0.05) is 18.4 Å². The lowest BCUT2D eigenvalue weighted by Gasteiger charge is -2.28. The van der Waals surface area contributed by atoms with Gasteiger partial charge in [0.1, 0.15) is 5.03 Å². The van der Waals surface area contributed by atoms with Gasteiger partial charge in [-0.15, -0.1) is 0 Å². The fraction of sp³-hybridized carbons (Fsp3) is 0.368. The van der Waals surface area contributed by atoms with Crippen molar-refractivity contribution in [1.82, 2.24) is 9.97 Å². The number of pyridine rings is 2. The molecule has 0 spiro atoms. The highest BCUT2D eigenvalue weighted by Crippen LogP contribution is 2.29. The quantitative estimate of drug-likeness (QED) is 0.836. The Hall–Kier alpha value is -2.41. The summed E-state index contributed by atoms with van der Waals surface area (Å²) < 4.78 is 0. The van der Waals surface area contributed by atoms with E-state index in [1.165, 1.54) is 11.8 Å². The molecule has 0 saturated heterocycles. The van der Waals surface area contributed by atoms with Crippen molar-refractivity contribution in [3.63, 3.8) is 0 Å². The molecule has 0 unspecified atom stereocenters. The van der Waals surface area contributed by atoms with Gasteiger partial charge in [0.15, 0.2) is 0 Å². The molecule has 1 aliphatic heterocycles. The highest BCUT2D eigenvalue weighted by molar-refractivity contribution is 8.00. The summed E-state index contributed by atoms with van der Waals surface area (Å²) in [7, 11) is 0. The molecule has 0 aromatic carbocycles. The van der Waals surface area contributed by atoms with Gasteiger partial charge < -0.3 is 10.6 Å². The van der Waals surface area contributed by atoms with Crippen LogP contribution in [0.3, 0.4) is 0 Å². The second-order valence-electron chi connectivity index (χ2n) is 6.40. The zero-order chi connectivity index (χ0) is 18.8. The average molecular weight is 370 g/mol. The number of hydrogen-bond donors (Lipinski definition) is 1. The van der Waals surface area contributed by atoms with Gasteiger partial charge in [0.25, 0.3) is 5.91 Å². The lowest BCUT2D eigenvalue weighted by molar-refractivity contribution is -0.116. The highest BCUT2D eigenvalue weighted by Gasteiger charge is 2.24. The number of aromatic nitrogens is 2. The van der Waals surface area contributed by atoms with Crippen molar-refractivity contribution in [2.75, 3.05) is 17.2 Å². The Balaban J connectivity index is 1.82. The Kier molecular flexibility index (Phi) is 5.27. The van der Waals surface area contributed by atoms with E-state index >= 15 is 0 Å². The van der Waals surface area contributed by atoms with Crippen molar-refractivity contribution >= 4 is 29.3 Å². The van der Waals surface area contributed by atoms with Crippen molar-refractivity contribution < 1.29 is 9.59 Å². The summed E-state index contributed by atoms with van der Waals surface area (Å²) in [6.45, 7) is 6.36. The lowest BCUT2D eigenvalue weighted by atomic mass is 10.0. The zero-order valence-corrected chi connectivity index (χ0v) is 16.0. The molecule has 0 atom stereocenters. The van der Waals surface area contributed by atoms with Crippen molar-refractivity contribution in [1.29, 1.82) is 0 Å². The van der Waals surface area contributed by atoms with Crippen molar-refractivity contribution in [2.45, 2.75) is 38.6 Å². The Bertz CT molecular complexity index is 882. The number of nitrogens with zero attached hydrogens (tertiary/aromatic N) is 3. The molecule has 2 aromatic heterocycles. The molecule has 6 nitrogen and oxygen atoms in total. The molecule has 136 valence electrons. The van der Waals surface area contributed by atoms with Gasteiger partial charge >= 0.3 is 0 Å². The normalized spacial score (nSPS) is 13.4. The Morgan fingerprint density at radius 2 is 2.04 bits per heavy atom. The van der Waals surface area contributed by atoms with Gasteiger partial charge in [-0.25, -0.2) is 4.98 Å². The van der Waals surface area contributed by atoms with E-state index in [9.17, 15) is 9.59 Å². The Labute approximate surface area is 157 Å². The third kappa shape index (κ3) is 3.44. The molecule has 0 bridgehead atoms. The van der Waals surface area contributed by atoms with Crippen LogP contribution in [-0.2, 0) is 11.2 Å². The topological polar surface area (TPSA) is 89.2 Å². The van der Waals surface area contributed by atoms with Crippen molar-refractivity contribution in [3.05, 3.63) is 46.4 Å². The van der Waals surface area contributed by atoms with Crippen molar-refractivity contribution in [2.24, 2.45) is 5.73 Å². The predicted octanol–water partition coefficient (Wildman–Crippen LogP) is 2.57. The van der Waals surface area contributed by atoms with E-state index in [1.54, 1.807) is 11.1 Å². The van der Waals surface area contributed by atoms with E-state index in [4.69, 9.17) is 5.73 Å². The first-order chi connectivity index (χ1) is 12.4. The summed E-state index contributed by atoms with van der Waals surface area (Å²) in [4.78, 5) is 35.3. The van der Waals surface area contributed by atoms with Crippen LogP contribution in [0, 0.1) is 20.8 Å². The zero-order valence-electron chi connectivity index (χ0n) is 15.2. The van der Waals surface area contributed by atoms with Crippen LogP contribution >= 0.6 is 11.8 Å². The first kappa shape index (κ1) is 18.4. The van der Waals surface area contributed by atoms with Crippen LogP contribution in [0.25, 0.3) is 0 Å². The van der Waals surface area contributed by atoms with Gasteiger partial charge in [0.2, 0.25) is 5.91 Å². The monoisotopic (exact) mass is 370 g/mol. The molecule has 2 N–H and O–H groups in total. The molecule has 3 rings (SSSR count). The molecule has 0 radical (unpaired) electrons. The first-order valence-corrected chi connectivity index (χ1v) is 9.53. The minimum atomic E-state index is -0.513. The van der Waals surface area contributed by atoms with Crippen LogP contribution in [0.5, 0.6) is 0 Å². The molecule has 1 aliphatic rings. The van der Waals surface area contributed by atoms with E-state index in [2.05, 4.69) is 9.97 Å². The van der Waals surface area contributed by atoms with Crippen LogP contribution in [0.2, 0.25) is 0 Å². The second kappa shape index (κ2) is 7.45. The van der Waals surface area contributed by atoms with Gasteiger partial charge in [0.05, 0.1) is 22.7 Å². The van der Waals surface area contributed by atoms with E-state index in [0.717, 1.165) is 41.0 Å². The summed E-state index contributed by atoms with van der Waals surface area (Å²) in [6.07, 6.45) is 3.53. The minimum absolute atomic E-state index is 0.0166. The number of thioether (sulfide) groups is 1. The average Bonchev–Trinajstić information content (AvgIpc) is 2.63. The van der Waals surface area contributed by atoms with E-state index in [1.807, 2.05) is 32.9 Å². The fourth-order valence-electron chi connectivity index (χ4n) is 3.17. The number of fused-ring (bicyclic) bond motifs is 1. The SMILES string of the molecule is Cc1nc(SCC(=O)N2CCCc3ncccc32)c(C(N)=O)c(C)c1C. The van der Waals surface area contributed by atoms with Crippen LogP contribution in [0.4, 0.5) is 5.69 Å². The van der Waals surface area contributed by atoms with E-state index < -0.39 is 5.91 Å². The predicted molar refractivity (Wildman–Crippen MR) is 103 cm³/mol. The lowest BCUT2D eigenvalue weighted by Crippen LogP contribution is -2.37. The molecule has 2 amide bonds. The number of aryl methyl sites for hydroxylation is 2. The molecule has 0 aliphatic carbocycles. The maximum atomic E-state index is 12.8. The largest absolute Gasteiger partial charge is 0.366 e. The molecule has 7 heteroatoms. The number of carbonyl (C=O) groups excluding carboxylic acids is 2. The van der Waals surface area contributed by atoms with Crippen LogP contribution in [-0.4, -0.2) is 34.1 Å². The summed E-state index contributed by atoms with van der Waals surface area (Å²) in [5.74, 6) is -0.332. The summed E-state index contributed by atoms with van der Waals surface area (Å²) in [5, 5.41) is 0.523. The van der Waals surface area contributed by atoms with Gasteiger partial charge in [-0.2, -0.15) is 0 Å². The van der Waals surface area contributed by atoms with E-state index in [-0.39, 0.29) is 11.7 Å². The minimum Gasteiger partial charge on any atom is -0.366 e. The highest BCUT2D eigenvalue weighted by atomic mass is 32.2.